The van der Waals surface area contributed by atoms with Crippen molar-refractivity contribution < 1.29 is 0 Å². The average molecular weight is 185 g/mol. The third-order valence-electron chi connectivity index (χ3n) is 1.72. The molecule has 1 unspecified atom stereocenters. The zero-order valence-corrected chi connectivity index (χ0v) is 9.24. The van der Waals surface area contributed by atoms with Gasteiger partial charge in [0, 0.05) is 5.92 Å². The van der Waals surface area contributed by atoms with Gasteiger partial charge in [-0.05, 0) is 17.7 Å². The van der Waals surface area contributed by atoms with Crippen molar-refractivity contribution in [3.63, 3.8) is 0 Å². The van der Waals surface area contributed by atoms with Crippen LogP contribution < -0.4 is 0 Å². The van der Waals surface area contributed by atoms with E-state index in [1.165, 1.54) is 0 Å². The molecule has 70 valence electrons. The van der Waals surface area contributed by atoms with E-state index in [4.69, 9.17) is 5.41 Å². The van der Waals surface area contributed by atoms with Crippen LogP contribution in [0.3, 0.4) is 0 Å². The lowest BCUT2D eigenvalue weighted by Crippen LogP contribution is -2.02. The van der Waals surface area contributed by atoms with Crippen LogP contribution in [-0.4, -0.2) is 5.04 Å². The highest BCUT2D eigenvalue weighted by Crippen LogP contribution is 2.15. The number of rotatable bonds is 4. The summed E-state index contributed by atoms with van der Waals surface area (Å²) in [5, 5.41) is 10.5. The van der Waals surface area contributed by atoms with Crippen LogP contribution in [0.15, 0.2) is 11.5 Å². The van der Waals surface area contributed by atoms with Gasteiger partial charge >= 0.3 is 0 Å². The molecule has 0 spiro atoms. The van der Waals surface area contributed by atoms with Gasteiger partial charge in [-0.15, -0.1) is 0 Å². The second kappa shape index (κ2) is 6.30. The Morgan fingerprint density at radius 2 is 2.00 bits per heavy atom. The first-order valence-electron chi connectivity index (χ1n) is 4.49. The highest BCUT2D eigenvalue weighted by atomic mass is 32.2. The van der Waals surface area contributed by atoms with Crippen LogP contribution in [0.1, 0.15) is 34.1 Å². The van der Waals surface area contributed by atoms with Gasteiger partial charge in [-0.1, -0.05) is 45.5 Å². The maximum atomic E-state index is 7.65. The van der Waals surface area contributed by atoms with Crippen LogP contribution in [0.2, 0.25) is 0 Å². The SMILES string of the molecule is CCC(C)C(=N)S/C=C\C(C)C. The molecule has 0 saturated heterocycles. The standard InChI is InChI=1S/C10H19NS/c1-5-9(4)10(11)12-7-6-8(2)3/h6-9,11H,5H2,1-4H3/b7-6-,11-10?. The highest BCUT2D eigenvalue weighted by molar-refractivity contribution is 8.16. The number of hydrogen-bond donors (Lipinski definition) is 1. The number of allylic oxidation sites excluding steroid dienone is 1. The van der Waals surface area contributed by atoms with Crippen LogP contribution in [0.4, 0.5) is 0 Å². The summed E-state index contributed by atoms with van der Waals surface area (Å²) in [5.74, 6) is 0.994. The Balaban J connectivity index is 3.71. The minimum absolute atomic E-state index is 0.409. The summed E-state index contributed by atoms with van der Waals surface area (Å²) in [6.07, 6.45) is 3.18. The molecule has 1 N–H and O–H groups in total. The predicted octanol–water partition coefficient (Wildman–Crippen LogP) is 3.91. The minimum atomic E-state index is 0.409. The molecular formula is C10H19NS. The van der Waals surface area contributed by atoms with E-state index in [2.05, 4.69) is 33.8 Å². The molecule has 0 aliphatic heterocycles. The molecule has 0 saturated carbocycles. The molecule has 0 aromatic heterocycles. The second-order valence-corrected chi connectivity index (χ2v) is 4.31. The largest absolute Gasteiger partial charge is 0.298 e. The Kier molecular flexibility index (Phi) is 6.17. The van der Waals surface area contributed by atoms with Crippen molar-refractivity contribution in [2.75, 3.05) is 0 Å². The van der Waals surface area contributed by atoms with E-state index in [1.807, 2.05) is 5.41 Å². The number of nitrogens with one attached hydrogen (secondary N) is 1. The fourth-order valence-electron chi connectivity index (χ4n) is 0.571. The smallest absolute Gasteiger partial charge is 0.0711 e. The molecule has 0 aromatic carbocycles. The molecule has 0 rings (SSSR count). The molecule has 0 aliphatic rings. The Hall–Kier alpha value is -0.240. The van der Waals surface area contributed by atoms with Crippen molar-refractivity contribution >= 4 is 16.8 Å². The first kappa shape index (κ1) is 11.8. The fourth-order valence-corrected chi connectivity index (χ4v) is 1.51. The summed E-state index contributed by atoms with van der Waals surface area (Å²) in [7, 11) is 0. The Morgan fingerprint density at radius 3 is 2.42 bits per heavy atom. The van der Waals surface area contributed by atoms with Gasteiger partial charge in [-0.2, -0.15) is 0 Å². The lowest BCUT2D eigenvalue weighted by molar-refractivity contribution is 0.746. The van der Waals surface area contributed by atoms with E-state index in [1.54, 1.807) is 11.8 Å². The van der Waals surface area contributed by atoms with Crippen LogP contribution in [0, 0.1) is 17.2 Å². The zero-order valence-electron chi connectivity index (χ0n) is 8.42. The van der Waals surface area contributed by atoms with Crippen molar-refractivity contribution in [3.05, 3.63) is 11.5 Å². The predicted molar refractivity (Wildman–Crippen MR) is 58.8 cm³/mol. The maximum Gasteiger partial charge on any atom is 0.0711 e. The molecular weight excluding hydrogens is 166 g/mol. The van der Waals surface area contributed by atoms with Gasteiger partial charge in [0.15, 0.2) is 0 Å². The van der Waals surface area contributed by atoms with E-state index < -0.39 is 0 Å². The minimum Gasteiger partial charge on any atom is -0.298 e. The quantitative estimate of drug-likeness (QED) is 0.521. The summed E-state index contributed by atoms with van der Waals surface area (Å²) in [4.78, 5) is 0. The van der Waals surface area contributed by atoms with Gasteiger partial charge in [-0.3, -0.25) is 5.41 Å². The summed E-state index contributed by atoms with van der Waals surface area (Å²) in [6.45, 7) is 8.50. The molecule has 0 amide bonds. The van der Waals surface area contributed by atoms with E-state index in [0.717, 1.165) is 11.5 Å². The van der Waals surface area contributed by atoms with Crippen LogP contribution in [0.25, 0.3) is 0 Å². The molecule has 1 nitrogen and oxygen atoms in total. The van der Waals surface area contributed by atoms with Crippen molar-refractivity contribution in [2.24, 2.45) is 11.8 Å². The molecule has 0 heterocycles. The summed E-state index contributed by atoms with van der Waals surface area (Å²) >= 11 is 1.54. The van der Waals surface area contributed by atoms with Crippen LogP contribution in [-0.2, 0) is 0 Å². The molecule has 2 heteroatoms. The van der Waals surface area contributed by atoms with E-state index in [9.17, 15) is 0 Å². The maximum absolute atomic E-state index is 7.65. The zero-order chi connectivity index (χ0) is 9.56. The highest BCUT2D eigenvalue weighted by Gasteiger charge is 2.04. The number of thioether (sulfide) groups is 1. The van der Waals surface area contributed by atoms with Crippen molar-refractivity contribution in [2.45, 2.75) is 34.1 Å². The third-order valence-corrected chi connectivity index (χ3v) is 2.67. The molecule has 0 bridgehead atoms. The average Bonchev–Trinajstić information content (AvgIpc) is 2.02. The molecule has 1 atom stereocenters. The normalized spacial score (nSPS) is 14.1. The van der Waals surface area contributed by atoms with Crippen LogP contribution >= 0.6 is 11.8 Å². The summed E-state index contributed by atoms with van der Waals surface area (Å²) in [5.41, 5.74) is 0. The topological polar surface area (TPSA) is 23.9 Å². The second-order valence-electron chi connectivity index (χ2n) is 3.36. The summed E-state index contributed by atoms with van der Waals surface area (Å²) in [6, 6.07) is 0. The van der Waals surface area contributed by atoms with Crippen molar-refractivity contribution in [3.8, 4) is 0 Å². The van der Waals surface area contributed by atoms with Gasteiger partial charge in [0.2, 0.25) is 0 Å². The fraction of sp³-hybridized carbons (Fsp3) is 0.700. The summed E-state index contributed by atoms with van der Waals surface area (Å²) < 4.78 is 0. The number of hydrogen-bond acceptors (Lipinski definition) is 2. The van der Waals surface area contributed by atoms with Gasteiger partial charge in [-0.25, -0.2) is 0 Å². The van der Waals surface area contributed by atoms with E-state index in [-0.39, 0.29) is 0 Å². The molecule has 0 aromatic rings. The van der Waals surface area contributed by atoms with Crippen LogP contribution in [0.5, 0.6) is 0 Å². The van der Waals surface area contributed by atoms with Gasteiger partial charge in [0.05, 0.1) is 5.04 Å². The Labute approximate surface area is 80.1 Å². The third kappa shape index (κ3) is 5.42. The lowest BCUT2D eigenvalue weighted by Gasteiger charge is -2.06. The van der Waals surface area contributed by atoms with E-state index in [0.29, 0.717) is 11.8 Å². The molecule has 0 fully saturated rings. The van der Waals surface area contributed by atoms with Gasteiger partial charge < -0.3 is 0 Å². The molecule has 0 aliphatic carbocycles. The Bertz CT molecular complexity index is 161. The monoisotopic (exact) mass is 185 g/mol. The Morgan fingerprint density at radius 1 is 1.42 bits per heavy atom. The first-order chi connectivity index (χ1) is 5.57. The van der Waals surface area contributed by atoms with Gasteiger partial charge in [0.25, 0.3) is 0 Å². The van der Waals surface area contributed by atoms with Crippen molar-refractivity contribution in [1.29, 1.82) is 5.41 Å². The van der Waals surface area contributed by atoms with Gasteiger partial charge in [0.1, 0.15) is 0 Å². The van der Waals surface area contributed by atoms with Crippen molar-refractivity contribution in [1.82, 2.24) is 0 Å². The van der Waals surface area contributed by atoms with E-state index >= 15 is 0 Å². The first-order valence-corrected chi connectivity index (χ1v) is 5.37. The lowest BCUT2D eigenvalue weighted by atomic mass is 10.1. The molecule has 12 heavy (non-hydrogen) atoms. The molecule has 0 radical (unpaired) electrons.